The first-order valence-corrected chi connectivity index (χ1v) is 12.2. The number of methoxy groups -OCH3 is 2. The Morgan fingerprint density at radius 3 is 2.49 bits per heavy atom. The lowest BCUT2D eigenvalue weighted by Crippen LogP contribution is -2.34. The minimum Gasteiger partial charge on any atom is -0.497 e. The van der Waals surface area contributed by atoms with Gasteiger partial charge in [0, 0.05) is 68.5 Å². The van der Waals surface area contributed by atoms with Crippen molar-refractivity contribution < 1.29 is 19.4 Å². The van der Waals surface area contributed by atoms with Crippen LogP contribution in [0.2, 0.25) is 0 Å². The van der Waals surface area contributed by atoms with E-state index in [1.165, 1.54) is 4.90 Å². The summed E-state index contributed by atoms with van der Waals surface area (Å²) < 4.78 is 12.5. The maximum Gasteiger partial charge on any atom is 0.407 e. The molecule has 0 aliphatic carbocycles. The Balaban J connectivity index is 1.76. The molecule has 1 aliphatic heterocycles. The van der Waals surface area contributed by atoms with E-state index < -0.39 is 6.09 Å². The van der Waals surface area contributed by atoms with Crippen molar-refractivity contribution in [1.82, 2.24) is 19.6 Å². The molecule has 0 saturated carbocycles. The number of aromatic nitrogens is 2. The summed E-state index contributed by atoms with van der Waals surface area (Å²) in [5.41, 5.74) is 3.31. The molecule has 0 spiro atoms. The van der Waals surface area contributed by atoms with Gasteiger partial charge in [-0.05, 0) is 24.1 Å². The normalized spacial score (nSPS) is 13.5. The van der Waals surface area contributed by atoms with Gasteiger partial charge in [0.1, 0.15) is 17.1 Å². The highest BCUT2D eigenvalue weighted by atomic mass is 16.5. The third kappa shape index (κ3) is 5.86. The lowest BCUT2D eigenvalue weighted by atomic mass is 10.0. The molecule has 0 atom stereocenters. The van der Waals surface area contributed by atoms with Gasteiger partial charge in [0.15, 0.2) is 0 Å². The van der Waals surface area contributed by atoms with Crippen LogP contribution in [-0.2, 0) is 0 Å². The Morgan fingerprint density at radius 2 is 1.89 bits per heavy atom. The third-order valence-corrected chi connectivity index (χ3v) is 6.36. The summed E-state index contributed by atoms with van der Waals surface area (Å²) in [6.45, 7) is 6.14. The molecule has 10 nitrogen and oxygen atoms in total. The Bertz CT molecular complexity index is 1340. The van der Waals surface area contributed by atoms with Crippen LogP contribution in [0.3, 0.4) is 0 Å². The van der Waals surface area contributed by atoms with Crippen LogP contribution in [0.15, 0.2) is 53.6 Å². The number of carboxylic acid groups (broad SMARTS) is 1. The maximum absolute atomic E-state index is 13.5. The number of ether oxygens (including phenoxy) is 2. The summed E-state index contributed by atoms with van der Waals surface area (Å²) in [7, 11) is 3.23. The zero-order valence-electron chi connectivity index (χ0n) is 21.6. The van der Waals surface area contributed by atoms with Crippen molar-refractivity contribution >= 4 is 28.7 Å². The number of benzene rings is 1. The van der Waals surface area contributed by atoms with E-state index in [4.69, 9.17) is 9.47 Å². The number of amides is 1. The summed E-state index contributed by atoms with van der Waals surface area (Å²) >= 11 is 0. The topological polar surface area (TPSA) is 109 Å². The lowest BCUT2D eigenvalue weighted by Gasteiger charge is -2.27. The fraction of sp³-hybridized carbons (Fsp3) is 0.370. The zero-order valence-corrected chi connectivity index (χ0v) is 21.6. The largest absolute Gasteiger partial charge is 0.497 e. The van der Waals surface area contributed by atoms with Gasteiger partial charge in [0.05, 0.1) is 25.5 Å². The Hall–Kier alpha value is -4.05. The van der Waals surface area contributed by atoms with Gasteiger partial charge in [-0.1, -0.05) is 19.9 Å². The van der Waals surface area contributed by atoms with Crippen LogP contribution in [0.1, 0.15) is 25.8 Å². The van der Waals surface area contributed by atoms with Crippen LogP contribution in [0.4, 0.5) is 16.2 Å². The van der Waals surface area contributed by atoms with Gasteiger partial charge in [0.25, 0.3) is 5.56 Å². The van der Waals surface area contributed by atoms with Gasteiger partial charge >= 0.3 is 6.09 Å². The maximum atomic E-state index is 13.5. The molecule has 1 aliphatic rings. The minimum absolute atomic E-state index is 0.189. The van der Waals surface area contributed by atoms with E-state index in [-0.39, 0.29) is 12.1 Å². The average Bonchev–Trinajstić information content (AvgIpc) is 2.91. The fourth-order valence-electron chi connectivity index (χ4n) is 4.35. The molecular weight excluding hydrogens is 474 g/mol. The second-order valence-corrected chi connectivity index (χ2v) is 9.13. The molecule has 3 heterocycles. The molecule has 4 rings (SSSR count). The number of nitrogens with zero attached hydrogens (tertiary/aromatic N) is 4. The van der Waals surface area contributed by atoms with E-state index in [1.807, 2.05) is 30.3 Å². The lowest BCUT2D eigenvalue weighted by molar-refractivity contribution is 0.150. The molecule has 0 unspecified atom stereocenters. The van der Waals surface area contributed by atoms with Gasteiger partial charge in [-0.3, -0.25) is 9.20 Å². The number of hydrogen-bond acceptors (Lipinski definition) is 7. The van der Waals surface area contributed by atoms with Gasteiger partial charge in [-0.25, -0.2) is 9.78 Å². The first kappa shape index (κ1) is 26.0. The van der Waals surface area contributed by atoms with E-state index in [1.54, 1.807) is 37.1 Å². The molecule has 0 radical (unpaired) electrons. The second-order valence-electron chi connectivity index (χ2n) is 9.13. The molecule has 196 valence electrons. The monoisotopic (exact) mass is 507 g/mol. The summed E-state index contributed by atoms with van der Waals surface area (Å²) in [5.74, 6) is 1.33. The number of hydrogen-bond donors (Lipinski definition) is 2. The van der Waals surface area contributed by atoms with Gasteiger partial charge < -0.3 is 29.7 Å². The van der Waals surface area contributed by atoms with E-state index in [2.05, 4.69) is 29.0 Å². The van der Waals surface area contributed by atoms with Crippen molar-refractivity contribution in [2.75, 3.05) is 45.3 Å². The third-order valence-electron chi connectivity index (χ3n) is 6.36. The molecule has 2 N–H and O–H groups in total. The van der Waals surface area contributed by atoms with Crippen LogP contribution in [-0.4, -0.2) is 71.9 Å². The van der Waals surface area contributed by atoms with E-state index in [0.29, 0.717) is 48.3 Å². The molecule has 2 aromatic heterocycles. The van der Waals surface area contributed by atoms with E-state index >= 15 is 0 Å². The Morgan fingerprint density at radius 1 is 1.16 bits per heavy atom. The van der Waals surface area contributed by atoms with Gasteiger partial charge in [-0.2, -0.15) is 0 Å². The average molecular weight is 508 g/mol. The molecular formula is C27H33N5O5. The van der Waals surface area contributed by atoms with Crippen molar-refractivity contribution in [3.05, 3.63) is 64.7 Å². The van der Waals surface area contributed by atoms with Crippen molar-refractivity contribution in [2.24, 2.45) is 0 Å². The molecule has 1 aromatic carbocycles. The van der Waals surface area contributed by atoms with Crippen molar-refractivity contribution in [3.8, 4) is 11.5 Å². The van der Waals surface area contributed by atoms with Gasteiger partial charge in [0.2, 0.25) is 0 Å². The standard InChI is InChI=1S/C27H33N5O5/c1-18(2)28-9-12-31(21-13-22(36-3)15-23(14-21)37-4)20-5-6-25-29-16-24(26(33)32(25)17-20)19-7-10-30(11-8-19)27(34)35/h5-7,13-18,28H,8-12H2,1-4H3,(H,34,35). The molecule has 0 fully saturated rings. The van der Waals surface area contributed by atoms with Crippen molar-refractivity contribution in [1.29, 1.82) is 0 Å². The van der Waals surface area contributed by atoms with Crippen LogP contribution in [0.5, 0.6) is 11.5 Å². The fourth-order valence-corrected chi connectivity index (χ4v) is 4.35. The first-order valence-electron chi connectivity index (χ1n) is 12.2. The predicted octanol–water partition coefficient (Wildman–Crippen LogP) is 3.61. The van der Waals surface area contributed by atoms with E-state index in [9.17, 15) is 14.7 Å². The molecule has 3 aromatic rings. The van der Waals surface area contributed by atoms with Crippen LogP contribution >= 0.6 is 0 Å². The number of anilines is 2. The van der Waals surface area contributed by atoms with Crippen molar-refractivity contribution in [3.63, 3.8) is 0 Å². The number of rotatable bonds is 9. The van der Waals surface area contributed by atoms with Crippen LogP contribution in [0.25, 0.3) is 11.2 Å². The van der Waals surface area contributed by atoms with E-state index in [0.717, 1.165) is 23.5 Å². The highest BCUT2D eigenvalue weighted by Gasteiger charge is 2.20. The molecule has 0 saturated heterocycles. The van der Waals surface area contributed by atoms with Gasteiger partial charge in [-0.15, -0.1) is 0 Å². The molecule has 37 heavy (non-hydrogen) atoms. The smallest absolute Gasteiger partial charge is 0.407 e. The highest BCUT2D eigenvalue weighted by Crippen LogP contribution is 2.33. The van der Waals surface area contributed by atoms with Crippen LogP contribution < -0.4 is 25.2 Å². The summed E-state index contributed by atoms with van der Waals surface area (Å²) in [6.07, 6.45) is 4.67. The number of pyridine rings is 1. The number of carbonyl (C=O) groups is 1. The SMILES string of the molecule is COc1cc(OC)cc(N(CCNC(C)C)c2ccc3ncc(C4=CCN(C(=O)O)CC4)c(=O)n3c2)c1. The summed E-state index contributed by atoms with van der Waals surface area (Å²) in [5, 5.41) is 12.7. The predicted molar refractivity (Wildman–Crippen MR) is 143 cm³/mol. The quantitative estimate of drug-likeness (QED) is 0.452. The highest BCUT2D eigenvalue weighted by molar-refractivity contribution is 5.72. The van der Waals surface area contributed by atoms with Crippen LogP contribution in [0, 0.1) is 0 Å². The Labute approximate surface area is 215 Å². The molecule has 10 heteroatoms. The van der Waals surface area contributed by atoms with Crippen molar-refractivity contribution in [2.45, 2.75) is 26.3 Å². The zero-order chi connectivity index (χ0) is 26.5. The number of fused-ring (bicyclic) bond motifs is 1. The molecule has 0 bridgehead atoms. The first-order chi connectivity index (χ1) is 17.8. The second kappa shape index (κ2) is 11.3. The minimum atomic E-state index is -0.963. The molecule has 1 amide bonds. The summed E-state index contributed by atoms with van der Waals surface area (Å²) in [6, 6.07) is 9.77. The number of nitrogens with one attached hydrogen (secondary N) is 1. The Kier molecular flexibility index (Phi) is 7.98. The summed E-state index contributed by atoms with van der Waals surface area (Å²) in [4.78, 5) is 32.7.